The van der Waals surface area contributed by atoms with Gasteiger partial charge in [-0.3, -0.25) is 4.98 Å². The molecule has 2 fully saturated rings. The predicted octanol–water partition coefficient (Wildman–Crippen LogP) is 1.74. The van der Waals surface area contributed by atoms with Gasteiger partial charge in [-0.2, -0.15) is 5.26 Å². The van der Waals surface area contributed by atoms with E-state index in [1.807, 2.05) is 6.07 Å². The largest absolute Gasteiger partial charge is 0.311 e. The third-order valence-electron chi connectivity index (χ3n) is 4.20. The highest BCUT2D eigenvalue weighted by Crippen LogP contribution is 2.42. The average molecular weight is 237 g/mol. The fourth-order valence-electron chi connectivity index (χ4n) is 3.32. The van der Waals surface area contributed by atoms with Gasteiger partial charge in [-0.15, -0.1) is 6.42 Å². The molecule has 90 valence electrons. The van der Waals surface area contributed by atoms with Crippen LogP contribution in [-0.4, -0.2) is 17.1 Å². The smallest absolute Gasteiger partial charge is 0.0867 e. The first-order valence-corrected chi connectivity index (χ1v) is 6.35. The molecule has 2 aliphatic rings. The highest BCUT2D eigenvalue weighted by atomic mass is 15.0. The van der Waals surface area contributed by atoms with Crippen LogP contribution in [-0.2, 0) is 5.41 Å². The van der Waals surface area contributed by atoms with Gasteiger partial charge in [0.1, 0.15) is 0 Å². The second-order valence-electron chi connectivity index (χ2n) is 5.35. The second-order valence-corrected chi connectivity index (χ2v) is 5.35. The molecule has 18 heavy (non-hydrogen) atoms. The van der Waals surface area contributed by atoms with Gasteiger partial charge in [-0.25, -0.2) is 0 Å². The number of pyridine rings is 1. The molecule has 0 aliphatic carbocycles. The molecule has 2 saturated heterocycles. The lowest BCUT2D eigenvalue weighted by Crippen LogP contribution is -2.46. The van der Waals surface area contributed by atoms with E-state index >= 15 is 0 Å². The van der Waals surface area contributed by atoms with Crippen molar-refractivity contribution in [3.8, 4) is 18.4 Å². The number of nitrogens with zero attached hydrogens (tertiary/aromatic N) is 2. The molecule has 1 aromatic heterocycles. The first kappa shape index (κ1) is 11.3. The van der Waals surface area contributed by atoms with Crippen molar-refractivity contribution in [1.82, 2.24) is 10.3 Å². The fourth-order valence-corrected chi connectivity index (χ4v) is 3.32. The van der Waals surface area contributed by atoms with Gasteiger partial charge < -0.3 is 5.32 Å². The number of aromatic nitrogens is 1. The van der Waals surface area contributed by atoms with Gasteiger partial charge in [0.05, 0.1) is 11.5 Å². The molecule has 0 aromatic carbocycles. The minimum absolute atomic E-state index is 0.406. The molecule has 1 aromatic rings. The van der Waals surface area contributed by atoms with Gasteiger partial charge in [-0.05, 0) is 37.3 Å². The SMILES string of the molecule is C#Cc1cncc(C2(C#N)CC3CCC(C2)N3)c1. The Morgan fingerprint density at radius 2 is 2.06 bits per heavy atom. The molecule has 1 N–H and O–H groups in total. The van der Waals surface area contributed by atoms with Crippen molar-refractivity contribution in [2.24, 2.45) is 0 Å². The third-order valence-corrected chi connectivity index (χ3v) is 4.20. The molecular weight excluding hydrogens is 222 g/mol. The van der Waals surface area contributed by atoms with Crippen LogP contribution in [0.4, 0.5) is 0 Å². The second kappa shape index (κ2) is 4.12. The van der Waals surface area contributed by atoms with Crippen molar-refractivity contribution < 1.29 is 0 Å². The van der Waals surface area contributed by atoms with Gasteiger partial charge in [0.2, 0.25) is 0 Å². The topological polar surface area (TPSA) is 48.7 Å². The summed E-state index contributed by atoms with van der Waals surface area (Å²) >= 11 is 0. The van der Waals surface area contributed by atoms with Gasteiger partial charge in [0, 0.05) is 30.0 Å². The normalized spacial score (nSPS) is 33.7. The Bertz CT molecular complexity index is 538. The summed E-state index contributed by atoms with van der Waals surface area (Å²) in [6.45, 7) is 0. The molecule has 0 radical (unpaired) electrons. The number of fused-ring (bicyclic) bond motifs is 2. The summed E-state index contributed by atoms with van der Waals surface area (Å²) in [6, 6.07) is 5.42. The lowest BCUT2D eigenvalue weighted by atomic mass is 9.72. The number of hydrogen-bond acceptors (Lipinski definition) is 3. The van der Waals surface area contributed by atoms with Crippen LogP contribution in [0.1, 0.15) is 36.8 Å². The number of nitriles is 1. The van der Waals surface area contributed by atoms with Crippen LogP contribution in [0.25, 0.3) is 0 Å². The average Bonchev–Trinajstić information content (AvgIpc) is 2.78. The summed E-state index contributed by atoms with van der Waals surface area (Å²) in [5.41, 5.74) is 1.34. The van der Waals surface area contributed by atoms with Crippen LogP contribution in [0, 0.1) is 23.7 Å². The summed E-state index contributed by atoms with van der Waals surface area (Å²) in [6.07, 6.45) is 13.0. The Morgan fingerprint density at radius 1 is 1.33 bits per heavy atom. The molecule has 3 heteroatoms. The van der Waals surface area contributed by atoms with E-state index in [0.29, 0.717) is 12.1 Å². The summed E-state index contributed by atoms with van der Waals surface area (Å²) in [5, 5.41) is 13.2. The highest BCUT2D eigenvalue weighted by Gasteiger charge is 2.45. The van der Waals surface area contributed by atoms with E-state index in [-0.39, 0.29) is 0 Å². The zero-order valence-electron chi connectivity index (χ0n) is 10.2. The molecule has 3 rings (SSSR count). The Labute approximate surface area is 107 Å². The Balaban J connectivity index is 2.02. The van der Waals surface area contributed by atoms with E-state index in [1.165, 1.54) is 12.8 Å². The van der Waals surface area contributed by atoms with Crippen LogP contribution in [0.5, 0.6) is 0 Å². The summed E-state index contributed by atoms with van der Waals surface area (Å²) in [7, 11) is 0. The summed E-state index contributed by atoms with van der Waals surface area (Å²) in [4.78, 5) is 4.18. The van der Waals surface area contributed by atoms with E-state index in [1.54, 1.807) is 12.4 Å². The van der Waals surface area contributed by atoms with E-state index in [4.69, 9.17) is 6.42 Å². The van der Waals surface area contributed by atoms with Crippen LogP contribution < -0.4 is 5.32 Å². The fraction of sp³-hybridized carbons (Fsp3) is 0.467. The number of terminal acetylenes is 1. The standard InChI is InChI=1S/C15H15N3/c1-2-11-5-12(9-17-8-11)15(10-16)6-13-3-4-14(7-15)18-13/h1,5,8-9,13-14,18H,3-4,6-7H2. The molecular formula is C15H15N3. The summed E-state index contributed by atoms with van der Waals surface area (Å²) in [5.74, 6) is 2.60. The molecule has 0 spiro atoms. The molecule has 2 unspecified atom stereocenters. The number of nitrogens with one attached hydrogen (secondary N) is 1. The molecule has 2 atom stereocenters. The van der Waals surface area contributed by atoms with Gasteiger partial charge in [0.15, 0.2) is 0 Å². The lowest BCUT2D eigenvalue weighted by Gasteiger charge is -2.36. The van der Waals surface area contributed by atoms with Gasteiger partial charge in [0.25, 0.3) is 0 Å². The molecule has 3 nitrogen and oxygen atoms in total. The zero-order chi connectivity index (χ0) is 12.6. The zero-order valence-corrected chi connectivity index (χ0v) is 10.2. The van der Waals surface area contributed by atoms with Crippen molar-refractivity contribution in [3.05, 3.63) is 29.6 Å². The van der Waals surface area contributed by atoms with Crippen molar-refractivity contribution in [2.45, 2.75) is 43.2 Å². The van der Waals surface area contributed by atoms with Crippen molar-refractivity contribution in [2.75, 3.05) is 0 Å². The van der Waals surface area contributed by atoms with Crippen LogP contribution in [0.3, 0.4) is 0 Å². The molecule has 2 bridgehead atoms. The summed E-state index contributed by atoms with van der Waals surface area (Å²) < 4.78 is 0. The first-order chi connectivity index (χ1) is 8.75. The van der Waals surface area contributed by atoms with Crippen LogP contribution in [0.15, 0.2) is 18.5 Å². The molecule has 3 heterocycles. The number of hydrogen-bond donors (Lipinski definition) is 1. The quantitative estimate of drug-likeness (QED) is 0.757. The van der Waals surface area contributed by atoms with Crippen molar-refractivity contribution in [3.63, 3.8) is 0 Å². The minimum Gasteiger partial charge on any atom is -0.311 e. The van der Waals surface area contributed by atoms with E-state index in [0.717, 1.165) is 24.0 Å². The Hall–Kier alpha value is -1.84. The van der Waals surface area contributed by atoms with Crippen molar-refractivity contribution >= 4 is 0 Å². The van der Waals surface area contributed by atoms with E-state index in [9.17, 15) is 5.26 Å². The monoisotopic (exact) mass is 237 g/mol. The van der Waals surface area contributed by atoms with Crippen LogP contribution in [0.2, 0.25) is 0 Å². The third kappa shape index (κ3) is 1.68. The number of rotatable bonds is 1. The van der Waals surface area contributed by atoms with E-state index < -0.39 is 5.41 Å². The lowest BCUT2D eigenvalue weighted by molar-refractivity contribution is 0.304. The molecule has 2 aliphatic heterocycles. The minimum atomic E-state index is -0.406. The number of piperidine rings is 1. The van der Waals surface area contributed by atoms with Crippen molar-refractivity contribution in [1.29, 1.82) is 5.26 Å². The maximum Gasteiger partial charge on any atom is 0.0867 e. The van der Waals surface area contributed by atoms with E-state index in [2.05, 4.69) is 22.3 Å². The maximum absolute atomic E-state index is 9.66. The molecule has 0 amide bonds. The highest BCUT2D eigenvalue weighted by molar-refractivity contribution is 5.40. The van der Waals surface area contributed by atoms with Gasteiger partial charge in [-0.1, -0.05) is 5.92 Å². The maximum atomic E-state index is 9.66. The first-order valence-electron chi connectivity index (χ1n) is 6.35. The predicted molar refractivity (Wildman–Crippen MR) is 68.6 cm³/mol. The van der Waals surface area contributed by atoms with Gasteiger partial charge >= 0.3 is 0 Å². The van der Waals surface area contributed by atoms with Crippen LogP contribution >= 0.6 is 0 Å². The molecule has 0 saturated carbocycles. The Kier molecular flexibility index (Phi) is 2.58. The Morgan fingerprint density at radius 3 is 2.67 bits per heavy atom.